The van der Waals surface area contributed by atoms with Crippen molar-refractivity contribution in [3.8, 4) is 0 Å². The Hall–Kier alpha value is -2.38. The fourth-order valence-electron chi connectivity index (χ4n) is 2.77. The third-order valence-corrected chi connectivity index (χ3v) is 3.87. The van der Waals surface area contributed by atoms with E-state index in [9.17, 15) is 18.0 Å². The number of rotatable bonds is 1. The van der Waals surface area contributed by atoms with Gasteiger partial charge in [0.2, 0.25) is 0 Å². The molecule has 1 aliphatic rings. The summed E-state index contributed by atoms with van der Waals surface area (Å²) in [4.78, 5) is 18.1. The molecule has 3 rings (SSSR count). The second kappa shape index (κ2) is 5.36. The number of anilines is 1. The predicted octanol–water partition coefficient (Wildman–Crippen LogP) is 3.05. The van der Waals surface area contributed by atoms with Crippen LogP contribution in [-0.2, 0) is 0 Å². The van der Waals surface area contributed by atoms with Crippen molar-refractivity contribution in [1.29, 1.82) is 0 Å². The number of carbonyl (C=O) groups is 1. The lowest BCUT2D eigenvalue weighted by atomic mass is 10.1. The monoisotopic (exact) mass is 324 g/mol. The molecule has 0 radical (unpaired) electrons. The average molecular weight is 324 g/mol. The van der Waals surface area contributed by atoms with E-state index in [0.717, 1.165) is 4.68 Å². The lowest BCUT2D eigenvalue weighted by Gasteiger charge is -2.33. The topological polar surface area (TPSA) is 51.0 Å². The fraction of sp³-hybridized carbons (Fsp3) is 0.400. The van der Waals surface area contributed by atoms with Gasteiger partial charge in [-0.25, -0.2) is 4.68 Å². The Kier molecular flexibility index (Phi) is 3.62. The number of hydrogen-bond acceptors (Lipinski definition) is 3. The lowest BCUT2D eigenvalue weighted by Crippen LogP contribution is -2.43. The zero-order valence-corrected chi connectivity index (χ0v) is 12.6. The van der Waals surface area contributed by atoms with Crippen LogP contribution < -0.4 is 4.90 Å². The maximum Gasteiger partial charge on any atom is 0.410 e. The van der Waals surface area contributed by atoms with Crippen molar-refractivity contribution in [1.82, 2.24) is 14.8 Å². The molecule has 1 aliphatic heterocycles. The van der Waals surface area contributed by atoms with Gasteiger partial charge in [-0.05, 0) is 31.9 Å². The summed E-state index contributed by atoms with van der Waals surface area (Å²) in [7, 11) is 0. The highest BCUT2D eigenvalue weighted by molar-refractivity contribution is 6.05. The van der Waals surface area contributed by atoms with E-state index in [1.807, 2.05) is 0 Å². The fourth-order valence-corrected chi connectivity index (χ4v) is 2.77. The van der Waals surface area contributed by atoms with Crippen molar-refractivity contribution in [2.45, 2.75) is 32.5 Å². The van der Waals surface area contributed by atoms with E-state index >= 15 is 0 Å². The van der Waals surface area contributed by atoms with Crippen molar-refractivity contribution in [2.24, 2.45) is 0 Å². The lowest BCUT2D eigenvalue weighted by molar-refractivity contribution is -0.172. The summed E-state index contributed by atoms with van der Waals surface area (Å²) in [6.45, 7) is 3.32. The summed E-state index contributed by atoms with van der Waals surface area (Å²) in [5.41, 5.74) is 1.35. The minimum Gasteiger partial charge on any atom is -0.291 e. The normalized spacial score (nSPS) is 18.0. The van der Waals surface area contributed by atoms with Gasteiger partial charge >= 0.3 is 6.18 Å². The summed E-state index contributed by atoms with van der Waals surface area (Å²) in [5, 5.41) is 3.93. The van der Waals surface area contributed by atoms with Crippen molar-refractivity contribution in [3.05, 3.63) is 41.3 Å². The average Bonchev–Trinajstić information content (AvgIpc) is 2.85. The van der Waals surface area contributed by atoms with Gasteiger partial charge in [0.05, 0.1) is 5.69 Å². The van der Waals surface area contributed by atoms with Gasteiger partial charge in [-0.15, -0.1) is 0 Å². The molecule has 0 N–H and O–H groups in total. The maximum absolute atomic E-state index is 13.2. The molecule has 8 heteroatoms. The van der Waals surface area contributed by atoms with Gasteiger partial charge in [0, 0.05) is 18.8 Å². The van der Waals surface area contributed by atoms with Crippen LogP contribution in [0.5, 0.6) is 0 Å². The Balaban J connectivity index is 2.02. The van der Waals surface area contributed by atoms with Crippen LogP contribution in [0.2, 0.25) is 0 Å². The summed E-state index contributed by atoms with van der Waals surface area (Å²) in [5.74, 6) is -0.254. The van der Waals surface area contributed by atoms with E-state index in [4.69, 9.17) is 0 Å². The summed E-state index contributed by atoms with van der Waals surface area (Å²) < 4.78 is 40.4. The van der Waals surface area contributed by atoms with E-state index in [1.165, 1.54) is 17.2 Å². The van der Waals surface area contributed by atoms with E-state index in [2.05, 4.69) is 10.1 Å². The van der Waals surface area contributed by atoms with Crippen LogP contribution in [0.1, 0.15) is 34.2 Å². The molecule has 2 aromatic rings. The molecule has 0 aromatic carbocycles. The Bertz CT molecular complexity index is 753. The molecule has 5 nitrogen and oxygen atoms in total. The van der Waals surface area contributed by atoms with Crippen LogP contribution in [0.3, 0.4) is 0 Å². The standard InChI is InChI=1S/C15H15F3N4O/c1-9-4-3-6-19-13(9)14(23)21-7-5-11(15(16,17)18)22-12(21)8-10(2)20-22/h3-4,6,8,11H,5,7H2,1-2H3/t11-/m0/s1. The molecule has 1 atom stereocenters. The third kappa shape index (κ3) is 2.69. The summed E-state index contributed by atoms with van der Waals surface area (Å²) >= 11 is 0. The zero-order valence-electron chi connectivity index (χ0n) is 12.6. The summed E-state index contributed by atoms with van der Waals surface area (Å²) in [6.07, 6.45) is -3.14. The highest BCUT2D eigenvalue weighted by Crippen LogP contribution is 2.39. The Labute approximate surface area is 130 Å². The largest absolute Gasteiger partial charge is 0.410 e. The van der Waals surface area contributed by atoms with Gasteiger partial charge in [0.1, 0.15) is 11.5 Å². The van der Waals surface area contributed by atoms with Crippen molar-refractivity contribution < 1.29 is 18.0 Å². The van der Waals surface area contributed by atoms with E-state index in [1.54, 1.807) is 26.0 Å². The molecule has 2 aromatic heterocycles. The van der Waals surface area contributed by atoms with Crippen molar-refractivity contribution in [2.75, 3.05) is 11.4 Å². The quantitative estimate of drug-likeness (QED) is 0.810. The number of aryl methyl sites for hydroxylation is 2. The third-order valence-electron chi connectivity index (χ3n) is 3.87. The summed E-state index contributed by atoms with van der Waals surface area (Å²) in [6, 6.07) is 3.23. The molecular weight excluding hydrogens is 309 g/mol. The molecule has 0 spiro atoms. The first kappa shape index (κ1) is 15.5. The number of hydrogen-bond donors (Lipinski definition) is 0. The van der Waals surface area contributed by atoms with Gasteiger partial charge in [0.15, 0.2) is 6.04 Å². The molecule has 3 heterocycles. The first-order chi connectivity index (χ1) is 10.8. The number of carbonyl (C=O) groups excluding carboxylic acids is 1. The molecule has 23 heavy (non-hydrogen) atoms. The zero-order chi connectivity index (χ0) is 16.8. The highest BCUT2D eigenvalue weighted by Gasteiger charge is 2.46. The second-order valence-electron chi connectivity index (χ2n) is 5.56. The molecule has 0 aliphatic carbocycles. The van der Waals surface area contributed by atoms with Crippen LogP contribution in [0, 0.1) is 13.8 Å². The smallest absolute Gasteiger partial charge is 0.291 e. The van der Waals surface area contributed by atoms with E-state index < -0.39 is 18.1 Å². The number of pyridine rings is 1. The first-order valence-electron chi connectivity index (χ1n) is 7.15. The van der Waals surface area contributed by atoms with Crippen LogP contribution >= 0.6 is 0 Å². The van der Waals surface area contributed by atoms with Crippen molar-refractivity contribution >= 4 is 11.7 Å². The van der Waals surface area contributed by atoms with Gasteiger partial charge in [-0.3, -0.25) is 14.7 Å². The van der Waals surface area contributed by atoms with Crippen LogP contribution in [-0.4, -0.2) is 33.4 Å². The minimum atomic E-state index is -4.40. The minimum absolute atomic E-state index is 0.0237. The Morgan fingerprint density at radius 1 is 1.35 bits per heavy atom. The second-order valence-corrected chi connectivity index (χ2v) is 5.56. The number of halogens is 3. The maximum atomic E-state index is 13.2. The molecule has 0 unspecified atom stereocenters. The Morgan fingerprint density at radius 2 is 2.09 bits per heavy atom. The predicted molar refractivity (Wildman–Crippen MR) is 77.3 cm³/mol. The van der Waals surface area contributed by atoms with Crippen LogP contribution in [0.15, 0.2) is 24.4 Å². The SMILES string of the molecule is Cc1cc2n(n1)[C@H](C(F)(F)F)CCN2C(=O)c1ncccc1C. The Morgan fingerprint density at radius 3 is 2.74 bits per heavy atom. The van der Waals surface area contributed by atoms with Gasteiger partial charge in [-0.2, -0.15) is 18.3 Å². The number of alkyl halides is 3. The number of nitrogens with zero attached hydrogens (tertiary/aromatic N) is 4. The van der Waals surface area contributed by atoms with Crippen molar-refractivity contribution in [3.63, 3.8) is 0 Å². The van der Waals surface area contributed by atoms with Gasteiger partial charge < -0.3 is 0 Å². The number of fused-ring (bicyclic) bond motifs is 1. The van der Waals surface area contributed by atoms with Gasteiger partial charge in [0.25, 0.3) is 5.91 Å². The first-order valence-corrected chi connectivity index (χ1v) is 7.15. The number of amides is 1. The number of aromatic nitrogens is 3. The van der Waals surface area contributed by atoms with Crippen LogP contribution in [0.4, 0.5) is 19.0 Å². The van der Waals surface area contributed by atoms with Gasteiger partial charge in [-0.1, -0.05) is 6.07 Å². The molecular formula is C15H15F3N4O. The molecule has 1 amide bonds. The highest BCUT2D eigenvalue weighted by atomic mass is 19.4. The molecule has 122 valence electrons. The van der Waals surface area contributed by atoms with E-state index in [-0.39, 0.29) is 24.5 Å². The van der Waals surface area contributed by atoms with E-state index in [0.29, 0.717) is 11.3 Å². The molecule has 0 fully saturated rings. The molecule has 0 bridgehead atoms. The van der Waals surface area contributed by atoms with Crippen LogP contribution in [0.25, 0.3) is 0 Å². The molecule has 0 saturated carbocycles. The molecule has 0 saturated heterocycles.